The third-order valence-electron chi connectivity index (χ3n) is 6.20. The molecule has 0 aliphatic carbocycles. The summed E-state index contributed by atoms with van der Waals surface area (Å²) in [5, 5.41) is 5.30. The second-order valence-corrected chi connectivity index (χ2v) is 9.50. The topological polar surface area (TPSA) is 54.5 Å². The highest BCUT2D eigenvalue weighted by atomic mass is 35.5. The summed E-state index contributed by atoms with van der Waals surface area (Å²) in [5.41, 5.74) is 3.91. The number of benzene rings is 3. The molecule has 190 valence electrons. The fourth-order valence-electron chi connectivity index (χ4n) is 4.23. The minimum atomic E-state index is -0.0117. The van der Waals surface area contributed by atoms with Crippen molar-refractivity contribution in [3.63, 3.8) is 0 Å². The highest BCUT2D eigenvalue weighted by Crippen LogP contribution is 2.28. The number of anilines is 1. The molecule has 1 aromatic heterocycles. The Morgan fingerprint density at radius 1 is 1.08 bits per heavy atom. The Hall–Kier alpha value is -3.83. The van der Waals surface area contributed by atoms with E-state index in [2.05, 4.69) is 17.2 Å². The summed E-state index contributed by atoms with van der Waals surface area (Å²) in [7, 11) is 1.67. The van der Waals surface area contributed by atoms with E-state index in [0.717, 1.165) is 46.3 Å². The van der Waals surface area contributed by atoms with Gasteiger partial charge in [0.15, 0.2) is 0 Å². The van der Waals surface area contributed by atoms with E-state index in [1.165, 1.54) is 0 Å². The molecule has 0 aliphatic heterocycles. The molecule has 0 saturated heterocycles. The fraction of sp³-hybridized carbons (Fsp3) is 0.226. The molecule has 4 aromatic rings. The predicted octanol–water partition coefficient (Wildman–Crippen LogP) is 7.22. The van der Waals surface area contributed by atoms with Gasteiger partial charge in [0, 0.05) is 47.9 Å². The van der Waals surface area contributed by atoms with Gasteiger partial charge in [-0.25, -0.2) is 0 Å². The van der Waals surface area contributed by atoms with Crippen LogP contribution in [0.25, 0.3) is 17.0 Å². The van der Waals surface area contributed by atoms with Crippen LogP contribution in [0.5, 0.6) is 5.75 Å². The van der Waals surface area contributed by atoms with Gasteiger partial charge in [-0.05, 0) is 61.2 Å². The number of nitrogens with zero attached hydrogens (tertiary/aromatic N) is 2. The van der Waals surface area contributed by atoms with Gasteiger partial charge in [-0.15, -0.1) is 0 Å². The standard InChI is InChI=1S/C31H32ClN3O2/c1-23(34-29-21-28(37-2)20-26-11-6-18-33-31(26)29)8-7-19-35(22-25-12-15-27(32)16-13-25)30(36)17-14-24-9-4-3-5-10-24/h3-6,9-18,20-21,23,34H,7-8,19,22H2,1-2H3/b17-14+. The van der Waals surface area contributed by atoms with Crippen molar-refractivity contribution < 1.29 is 9.53 Å². The fourth-order valence-corrected chi connectivity index (χ4v) is 4.36. The highest BCUT2D eigenvalue weighted by molar-refractivity contribution is 6.30. The van der Waals surface area contributed by atoms with Crippen molar-refractivity contribution in [1.29, 1.82) is 0 Å². The summed E-state index contributed by atoms with van der Waals surface area (Å²) in [6, 6.07) is 25.6. The number of rotatable bonds is 11. The zero-order valence-electron chi connectivity index (χ0n) is 21.2. The van der Waals surface area contributed by atoms with Gasteiger partial charge in [0.1, 0.15) is 5.75 Å². The number of hydrogen-bond acceptors (Lipinski definition) is 4. The molecule has 0 spiro atoms. The number of fused-ring (bicyclic) bond motifs is 1. The molecule has 37 heavy (non-hydrogen) atoms. The van der Waals surface area contributed by atoms with E-state index in [1.807, 2.05) is 89.8 Å². The van der Waals surface area contributed by atoms with Crippen LogP contribution < -0.4 is 10.1 Å². The van der Waals surface area contributed by atoms with Gasteiger partial charge >= 0.3 is 0 Å². The van der Waals surface area contributed by atoms with Crippen LogP contribution in [0.3, 0.4) is 0 Å². The smallest absolute Gasteiger partial charge is 0.246 e. The molecule has 1 unspecified atom stereocenters. The van der Waals surface area contributed by atoms with Crippen molar-refractivity contribution in [1.82, 2.24) is 9.88 Å². The maximum atomic E-state index is 13.1. The molecule has 0 bridgehead atoms. The molecule has 3 aromatic carbocycles. The first kappa shape index (κ1) is 26.2. The van der Waals surface area contributed by atoms with Crippen LogP contribution >= 0.6 is 11.6 Å². The van der Waals surface area contributed by atoms with Crippen molar-refractivity contribution in [3.05, 3.63) is 107 Å². The third kappa shape index (κ3) is 7.58. The molecular weight excluding hydrogens is 482 g/mol. The number of carbonyl (C=O) groups is 1. The molecule has 0 aliphatic rings. The monoisotopic (exact) mass is 513 g/mol. The quantitative estimate of drug-likeness (QED) is 0.215. The van der Waals surface area contributed by atoms with Crippen LogP contribution in [0.15, 0.2) is 91.1 Å². The minimum Gasteiger partial charge on any atom is -0.497 e. The number of amides is 1. The van der Waals surface area contributed by atoms with Crippen LogP contribution in [0, 0.1) is 0 Å². The van der Waals surface area contributed by atoms with Crippen LogP contribution in [-0.2, 0) is 11.3 Å². The Balaban J connectivity index is 1.41. The molecule has 5 nitrogen and oxygen atoms in total. The number of methoxy groups -OCH3 is 1. The number of nitrogens with one attached hydrogen (secondary N) is 1. The Morgan fingerprint density at radius 3 is 2.62 bits per heavy atom. The van der Waals surface area contributed by atoms with Crippen LogP contribution in [0.1, 0.15) is 30.9 Å². The first-order valence-corrected chi connectivity index (χ1v) is 12.9. The van der Waals surface area contributed by atoms with E-state index >= 15 is 0 Å². The lowest BCUT2D eigenvalue weighted by molar-refractivity contribution is -0.126. The van der Waals surface area contributed by atoms with Crippen molar-refractivity contribution in [2.75, 3.05) is 19.0 Å². The second kappa shape index (κ2) is 12.9. The maximum Gasteiger partial charge on any atom is 0.246 e. The Labute approximate surface area is 223 Å². The summed E-state index contributed by atoms with van der Waals surface area (Å²) in [4.78, 5) is 19.6. The van der Waals surface area contributed by atoms with Crippen molar-refractivity contribution in [2.24, 2.45) is 0 Å². The van der Waals surface area contributed by atoms with Gasteiger partial charge < -0.3 is 15.0 Å². The van der Waals surface area contributed by atoms with E-state index in [9.17, 15) is 4.79 Å². The lowest BCUT2D eigenvalue weighted by atomic mass is 10.1. The van der Waals surface area contributed by atoms with Gasteiger partial charge in [-0.1, -0.05) is 60.1 Å². The van der Waals surface area contributed by atoms with E-state index in [0.29, 0.717) is 18.1 Å². The normalized spacial score (nSPS) is 12.0. The number of aromatic nitrogens is 1. The molecule has 4 rings (SSSR count). The van der Waals surface area contributed by atoms with Gasteiger partial charge in [0.25, 0.3) is 0 Å². The molecule has 1 heterocycles. The largest absolute Gasteiger partial charge is 0.497 e. The SMILES string of the molecule is COc1cc(NC(C)CCCN(Cc2ccc(Cl)cc2)C(=O)/C=C/c2ccccc2)c2ncccc2c1. The number of hydrogen-bond donors (Lipinski definition) is 1. The average Bonchev–Trinajstić information content (AvgIpc) is 2.92. The first-order valence-electron chi connectivity index (χ1n) is 12.5. The van der Waals surface area contributed by atoms with Crippen LogP contribution in [0.2, 0.25) is 5.02 Å². The zero-order valence-corrected chi connectivity index (χ0v) is 22.0. The molecule has 0 saturated carbocycles. The number of ether oxygens (including phenoxy) is 1. The molecule has 1 amide bonds. The highest BCUT2D eigenvalue weighted by Gasteiger charge is 2.14. The average molecular weight is 514 g/mol. The van der Waals surface area contributed by atoms with Gasteiger partial charge in [0.2, 0.25) is 5.91 Å². The van der Waals surface area contributed by atoms with Gasteiger partial charge in [0.05, 0.1) is 18.3 Å². The Bertz CT molecular complexity index is 1340. The van der Waals surface area contributed by atoms with Crippen molar-refractivity contribution in [2.45, 2.75) is 32.4 Å². The lowest BCUT2D eigenvalue weighted by Gasteiger charge is -2.23. The second-order valence-electron chi connectivity index (χ2n) is 9.07. The number of pyridine rings is 1. The Kier molecular flexibility index (Phi) is 9.17. The van der Waals surface area contributed by atoms with Crippen molar-refractivity contribution >= 4 is 40.2 Å². The Morgan fingerprint density at radius 2 is 1.86 bits per heavy atom. The van der Waals surface area contributed by atoms with E-state index in [4.69, 9.17) is 16.3 Å². The molecule has 1 N–H and O–H groups in total. The third-order valence-corrected chi connectivity index (χ3v) is 6.45. The van der Waals surface area contributed by atoms with Crippen molar-refractivity contribution in [3.8, 4) is 5.75 Å². The van der Waals surface area contributed by atoms with Gasteiger partial charge in [-0.3, -0.25) is 9.78 Å². The van der Waals surface area contributed by atoms with E-state index in [-0.39, 0.29) is 11.9 Å². The van der Waals surface area contributed by atoms with Crippen LogP contribution in [-0.4, -0.2) is 35.5 Å². The van der Waals surface area contributed by atoms with E-state index < -0.39 is 0 Å². The molecule has 0 radical (unpaired) electrons. The van der Waals surface area contributed by atoms with Gasteiger partial charge in [-0.2, -0.15) is 0 Å². The maximum absolute atomic E-state index is 13.1. The summed E-state index contributed by atoms with van der Waals surface area (Å²) >= 11 is 6.06. The minimum absolute atomic E-state index is 0.0117. The molecule has 6 heteroatoms. The number of halogens is 1. The summed E-state index contributed by atoms with van der Waals surface area (Å²) < 4.78 is 5.48. The molecule has 1 atom stereocenters. The number of carbonyl (C=O) groups excluding carboxylic acids is 1. The zero-order chi connectivity index (χ0) is 26.0. The summed E-state index contributed by atoms with van der Waals surface area (Å²) in [6.07, 6.45) is 7.05. The molecule has 0 fully saturated rings. The molecular formula is C31H32ClN3O2. The predicted molar refractivity (Wildman–Crippen MR) is 153 cm³/mol. The lowest BCUT2D eigenvalue weighted by Crippen LogP contribution is -2.31. The summed E-state index contributed by atoms with van der Waals surface area (Å²) in [6.45, 7) is 3.32. The van der Waals surface area contributed by atoms with Crippen LogP contribution in [0.4, 0.5) is 5.69 Å². The summed E-state index contributed by atoms with van der Waals surface area (Å²) in [5.74, 6) is 0.780. The van der Waals surface area contributed by atoms with E-state index in [1.54, 1.807) is 19.4 Å². The first-order chi connectivity index (χ1) is 18.0.